The molecular weight excluding hydrogens is 306 g/mol. The molecule has 0 spiro atoms. The predicted octanol–water partition coefficient (Wildman–Crippen LogP) is 2.62. The Morgan fingerprint density at radius 3 is 2.17 bits per heavy atom. The zero-order chi connectivity index (χ0) is 17.5. The second-order valence-corrected chi connectivity index (χ2v) is 5.25. The quantitative estimate of drug-likeness (QED) is 0.729. The molecule has 0 unspecified atom stereocenters. The van der Waals surface area contributed by atoms with Gasteiger partial charge < -0.3 is 21.1 Å². The Hall–Kier alpha value is -3.02. The number of rotatable bonds is 7. The molecule has 6 heteroatoms. The molecule has 4 N–H and O–H groups in total. The lowest BCUT2D eigenvalue weighted by molar-refractivity contribution is -0.116. The molecule has 2 amide bonds. The number of ether oxygens (including phenoxy) is 1. The Balaban J connectivity index is 1.92. The molecule has 0 radical (unpaired) electrons. The number of hydrogen-bond donors (Lipinski definition) is 3. The summed E-state index contributed by atoms with van der Waals surface area (Å²) in [5, 5.41) is 5.90. The van der Waals surface area contributed by atoms with E-state index in [4.69, 9.17) is 10.5 Å². The van der Waals surface area contributed by atoms with E-state index in [1.165, 1.54) is 0 Å². The number of hydrogen-bond acceptors (Lipinski definition) is 4. The Morgan fingerprint density at radius 2 is 1.62 bits per heavy atom. The van der Waals surface area contributed by atoms with Crippen LogP contribution in [0.4, 0.5) is 11.4 Å². The van der Waals surface area contributed by atoms with Gasteiger partial charge in [-0.15, -0.1) is 0 Å². The van der Waals surface area contributed by atoms with Crippen molar-refractivity contribution in [1.29, 1.82) is 0 Å². The van der Waals surface area contributed by atoms with Crippen LogP contribution in [0.15, 0.2) is 48.5 Å². The van der Waals surface area contributed by atoms with E-state index >= 15 is 0 Å². The van der Waals surface area contributed by atoms with E-state index in [1.54, 1.807) is 31.2 Å². The fourth-order valence-electron chi connectivity index (χ4n) is 2.10. The number of benzene rings is 2. The van der Waals surface area contributed by atoms with Crippen molar-refractivity contribution in [3.63, 3.8) is 0 Å². The van der Waals surface area contributed by atoms with E-state index in [1.807, 2.05) is 31.2 Å². The standard InChI is InChI=1S/C18H21N3O3/c1-3-24-16-10-8-14(9-11-16)20-12(2)18(23)21-15-6-4-13(5-7-15)17(19)22/h4-12,20H,3H2,1-2H3,(H2,19,22)(H,21,23)/t12-/m1/s1. The third-order valence-corrected chi connectivity index (χ3v) is 3.38. The van der Waals surface area contributed by atoms with Gasteiger partial charge in [0.15, 0.2) is 0 Å². The summed E-state index contributed by atoms with van der Waals surface area (Å²) in [6.07, 6.45) is 0. The molecule has 2 rings (SSSR count). The monoisotopic (exact) mass is 327 g/mol. The van der Waals surface area contributed by atoms with Gasteiger partial charge in [0.2, 0.25) is 11.8 Å². The van der Waals surface area contributed by atoms with Crippen LogP contribution < -0.4 is 21.1 Å². The normalized spacial score (nSPS) is 11.4. The van der Waals surface area contributed by atoms with Gasteiger partial charge >= 0.3 is 0 Å². The maximum Gasteiger partial charge on any atom is 0.248 e. The molecule has 2 aromatic carbocycles. The van der Waals surface area contributed by atoms with Gasteiger partial charge in [0.1, 0.15) is 11.8 Å². The van der Waals surface area contributed by atoms with Gasteiger partial charge in [-0.25, -0.2) is 0 Å². The number of carbonyl (C=O) groups is 2. The van der Waals surface area contributed by atoms with E-state index in [0.29, 0.717) is 17.9 Å². The van der Waals surface area contributed by atoms with Crippen LogP contribution in [0, 0.1) is 0 Å². The Kier molecular flexibility index (Phi) is 5.78. The van der Waals surface area contributed by atoms with Crippen molar-refractivity contribution in [3.8, 4) is 5.75 Å². The number of anilines is 2. The molecule has 0 saturated carbocycles. The van der Waals surface area contributed by atoms with Crippen LogP contribution in [0.5, 0.6) is 5.75 Å². The topological polar surface area (TPSA) is 93.4 Å². The molecule has 126 valence electrons. The van der Waals surface area contributed by atoms with Crippen molar-refractivity contribution < 1.29 is 14.3 Å². The number of amides is 2. The summed E-state index contributed by atoms with van der Waals surface area (Å²) in [5.41, 5.74) is 7.01. The van der Waals surface area contributed by atoms with Crippen molar-refractivity contribution in [1.82, 2.24) is 0 Å². The smallest absolute Gasteiger partial charge is 0.248 e. The van der Waals surface area contributed by atoms with E-state index in [9.17, 15) is 9.59 Å². The van der Waals surface area contributed by atoms with Gasteiger partial charge in [-0.1, -0.05) is 0 Å². The molecule has 0 aliphatic carbocycles. The zero-order valence-electron chi connectivity index (χ0n) is 13.7. The molecule has 2 aromatic rings. The van der Waals surface area contributed by atoms with E-state index < -0.39 is 11.9 Å². The Bertz CT molecular complexity index is 696. The van der Waals surface area contributed by atoms with Crippen LogP contribution in [0.1, 0.15) is 24.2 Å². The van der Waals surface area contributed by atoms with Gasteiger partial charge in [0.25, 0.3) is 0 Å². The molecule has 6 nitrogen and oxygen atoms in total. The minimum atomic E-state index is -0.501. The third-order valence-electron chi connectivity index (χ3n) is 3.38. The summed E-state index contributed by atoms with van der Waals surface area (Å²) < 4.78 is 5.38. The van der Waals surface area contributed by atoms with Crippen molar-refractivity contribution in [2.45, 2.75) is 19.9 Å². The average molecular weight is 327 g/mol. The Labute approximate surface area is 141 Å². The first-order valence-corrected chi connectivity index (χ1v) is 7.69. The summed E-state index contributed by atoms with van der Waals surface area (Å²) in [7, 11) is 0. The largest absolute Gasteiger partial charge is 0.494 e. The van der Waals surface area contributed by atoms with Crippen molar-refractivity contribution in [2.24, 2.45) is 5.73 Å². The maximum atomic E-state index is 12.2. The fourth-order valence-corrected chi connectivity index (χ4v) is 2.10. The number of nitrogens with one attached hydrogen (secondary N) is 2. The summed E-state index contributed by atoms with van der Waals surface area (Å²) in [4.78, 5) is 23.2. The number of primary amides is 1. The molecule has 0 aromatic heterocycles. The molecular formula is C18H21N3O3. The van der Waals surface area contributed by atoms with Crippen LogP contribution >= 0.6 is 0 Å². The molecule has 0 fully saturated rings. The van der Waals surface area contributed by atoms with Crippen molar-refractivity contribution in [3.05, 3.63) is 54.1 Å². The first kappa shape index (κ1) is 17.3. The predicted molar refractivity (Wildman–Crippen MR) is 94.3 cm³/mol. The van der Waals surface area contributed by atoms with Gasteiger partial charge in [0, 0.05) is 16.9 Å². The fraction of sp³-hybridized carbons (Fsp3) is 0.222. The van der Waals surface area contributed by atoms with Crippen LogP contribution in [-0.2, 0) is 4.79 Å². The molecule has 24 heavy (non-hydrogen) atoms. The third kappa shape index (κ3) is 4.74. The Morgan fingerprint density at radius 1 is 1.04 bits per heavy atom. The van der Waals surface area contributed by atoms with E-state index in [0.717, 1.165) is 11.4 Å². The number of carbonyl (C=O) groups excluding carboxylic acids is 2. The minimum Gasteiger partial charge on any atom is -0.494 e. The van der Waals surface area contributed by atoms with E-state index in [-0.39, 0.29) is 5.91 Å². The van der Waals surface area contributed by atoms with Crippen molar-refractivity contribution in [2.75, 3.05) is 17.2 Å². The van der Waals surface area contributed by atoms with Crippen LogP contribution in [0.2, 0.25) is 0 Å². The zero-order valence-corrected chi connectivity index (χ0v) is 13.7. The van der Waals surface area contributed by atoms with Gasteiger partial charge in [-0.05, 0) is 62.4 Å². The van der Waals surface area contributed by atoms with E-state index in [2.05, 4.69) is 10.6 Å². The molecule has 1 atom stereocenters. The van der Waals surface area contributed by atoms with Crippen LogP contribution in [0.3, 0.4) is 0 Å². The summed E-state index contributed by atoms with van der Waals surface area (Å²) in [5.74, 6) is 0.101. The summed E-state index contributed by atoms with van der Waals surface area (Å²) >= 11 is 0. The number of nitrogens with two attached hydrogens (primary N) is 1. The molecule has 0 heterocycles. The van der Waals surface area contributed by atoms with Crippen LogP contribution in [0.25, 0.3) is 0 Å². The second-order valence-electron chi connectivity index (χ2n) is 5.25. The summed E-state index contributed by atoms with van der Waals surface area (Å²) in [6, 6.07) is 13.4. The second kappa shape index (κ2) is 8.01. The molecule has 0 bridgehead atoms. The first-order chi connectivity index (χ1) is 11.5. The molecule has 0 aliphatic rings. The average Bonchev–Trinajstić information content (AvgIpc) is 2.57. The summed E-state index contributed by atoms with van der Waals surface area (Å²) in [6.45, 7) is 4.30. The minimum absolute atomic E-state index is 0.185. The van der Waals surface area contributed by atoms with Crippen molar-refractivity contribution >= 4 is 23.2 Å². The lowest BCUT2D eigenvalue weighted by Crippen LogP contribution is -2.31. The SMILES string of the molecule is CCOc1ccc(N[C@H](C)C(=O)Nc2ccc(C(N)=O)cc2)cc1. The van der Waals surface area contributed by atoms with Gasteiger partial charge in [0.05, 0.1) is 6.61 Å². The lowest BCUT2D eigenvalue weighted by Gasteiger charge is -2.16. The highest BCUT2D eigenvalue weighted by Gasteiger charge is 2.13. The molecule has 0 aliphatic heterocycles. The maximum absolute atomic E-state index is 12.2. The molecule has 0 saturated heterocycles. The highest BCUT2D eigenvalue weighted by Crippen LogP contribution is 2.17. The first-order valence-electron chi connectivity index (χ1n) is 7.69. The lowest BCUT2D eigenvalue weighted by atomic mass is 10.2. The van der Waals surface area contributed by atoms with Gasteiger partial charge in [-0.2, -0.15) is 0 Å². The van der Waals surface area contributed by atoms with Crippen LogP contribution in [-0.4, -0.2) is 24.5 Å². The highest BCUT2D eigenvalue weighted by atomic mass is 16.5. The highest BCUT2D eigenvalue weighted by molar-refractivity contribution is 5.97. The van der Waals surface area contributed by atoms with Gasteiger partial charge in [-0.3, -0.25) is 9.59 Å².